The first kappa shape index (κ1) is 26.5. The molecule has 3 aromatic rings. The molecular formula is C27H29Cl2N3O3. The number of nitrogens with one attached hydrogen (secondary N) is 2. The van der Waals surface area contributed by atoms with Crippen LogP contribution in [0.15, 0.2) is 59.7 Å². The quantitative estimate of drug-likeness (QED) is 0.249. The minimum atomic E-state index is -0.797. The maximum atomic E-state index is 13.0. The zero-order valence-corrected chi connectivity index (χ0v) is 21.5. The van der Waals surface area contributed by atoms with Crippen LogP contribution < -0.4 is 15.5 Å². The van der Waals surface area contributed by atoms with Crippen molar-refractivity contribution < 1.29 is 14.3 Å². The molecule has 0 saturated carbocycles. The number of hydrogen-bond donors (Lipinski definition) is 2. The van der Waals surface area contributed by atoms with Crippen LogP contribution in [-0.4, -0.2) is 30.7 Å². The van der Waals surface area contributed by atoms with Crippen LogP contribution in [0.2, 0.25) is 10.0 Å². The van der Waals surface area contributed by atoms with Gasteiger partial charge in [0.25, 0.3) is 11.8 Å². The van der Waals surface area contributed by atoms with Crippen LogP contribution in [0.4, 0.5) is 0 Å². The summed E-state index contributed by atoms with van der Waals surface area (Å²) in [6, 6.07) is 15.6. The van der Waals surface area contributed by atoms with E-state index in [2.05, 4.69) is 15.8 Å². The van der Waals surface area contributed by atoms with E-state index in [1.165, 1.54) is 12.1 Å². The number of nitrogens with zero attached hydrogens (tertiary/aromatic N) is 1. The van der Waals surface area contributed by atoms with Crippen LogP contribution in [0.3, 0.4) is 0 Å². The van der Waals surface area contributed by atoms with Gasteiger partial charge in [-0.3, -0.25) is 9.59 Å². The van der Waals surface area contributed by atoms with Crippen molar-refractivity contribution in [1.82, 2.24) is 10.7 Å². The largest absolute Gasteiger partial charge is 0.493 e. The molecular weight excluding hydrogens is 485 g/mol. The molecule has 0 bridgehead atoms. The number of amides is 2. The maximum Gasteiger partial charge on any atom is 0.262 e. The topological polar surface area (TPSA) is 79.8 Å². The van der Waals surface area contributed by atoms with Gasteiger partial charge in [-0.15, -0.1) is 0 Å². The van der Waals surface area contributed by atoms with E-state index in [0.717, 1.165) is 22.8 Å². The van der Waals surface area contributed by atoms with Gasteiger partial charge < -0.3 is 10.1 Å². The standard InChI is InChI=1S/C27H29Cl2N3O3/c1-4-13-35-25-12-9-18-7-5-6-8-20(18)22(25)16-30-32-27(34)24(14-17(2)3)31-26(33)21-11-10-19(28)15-23(21)29/h5-12,15-17,24H,4,13-14H2,1-3H3,(H,31,33)(H,32,34)/b30-16-/t24-/m0/s1. The number of carbonyl (C=O) groups is 2. The highest BCUT2D eigenvalue weighted by Crippen LogP contribution is 2.27. The fraction of sp³-hybridized carbons (Fsp3) is 0.296. The predicted octanol–water partition coefficient (Wildman–Crippen LogP) is 6.23. The molecule has 0 aliphatic heterocycles. The van der Waals surface area contributed by atoms with Gasteiger partial charge in [0.05, 0.1) is 23.4 Å². The van der Waals surface area contributed by atoms with Gasteiger partial charge >= 0.3 is 0 Å². The molecule has 2 N–H and O–H groups in total. The Morgan fingerprint density at radius 1 is 1.09 bits per heavy atom. The number of hydrazone groups is 1. The van der Waals surface area contributed by atoms with Crippen molar-refractivity contribution in [3.05, 3.63) is 75.8 Å². The molecule has 184 valence electrons. The number of rotatable bonds is 10. The minimum absolute atomic E-state index is 0.155. The van der Waals surface area contributed by atoms with Crippen LogP contribution in [0.25, 0.3) is 10.8 Å². The Labute approximate surface area is 215 Å². The Balaban J connectivity index is 1.79. The van der Waals surface area contributed by atoms with E-state index >= 15 is 0 Å². The zero-order valence-electron chi connectivity index (χ0n) is 20.0. The number of halogens is 2. The van der Waals surface area contributed by atoms with Crippen LogP contribution in [0, 0.1) is 5.92 Å². The second kappa shape index (κ2) is 12.6. The molecule has 0 aromatic heterocycles. The number of hydrogen-bond acceptors (Lipinski definition) is 4. The van der Waals surface area contributed by atoms with Crippen molar-refractivity contribution in [3.63, 3.8) is 0 Å². The second-order valence-electron chi connectivity index (χ2n) is 8.56. The summed E-state index contributed by atoms with van der Waals surface area (Å²) in [5, 5.41) is 9.60. The highest BCUT2D eigenvalue weighted by atomic mass is 35.5. The third kappa shape index (κ3) is 7.20. The summed E-state index contributed by atoms with van der Waals surface area (Å²) >= 11 is 12.1. The summed E-state index contributed by atoms with van der Waals surface area (Å²) in [7, 11) is 0. The summed E-state index contributed by atoms with van der Waals surface area (Å²) in [5.74, 6) is -0.0406. The van der Waals surface area contributed by atoms with E-state index in [-0.39, 0.29) is 16.5 Å². The van der Waals surface area contributed by atoms with Crippen LogP contribution >= 0.6 is 23.2 Å². The van der Waals surface area contributed by atoms with Gasteiger partial charge in [-0.2, -0.15) is 5.10 Å². The molecule has 3 aromatic carbocycles. The first-order valence-corrected chi connectivity index (χ1v) is 12.3. The fourth-order valence-electron chi connectivity index (χ4n) is 3.60. The molecule has 0 unspecified atom stereocenters. The Morgan fingerprint density at radius 3 is 2.57 bits per heavy atom. The lowest BCUT2D eigenvalue weighted by Crippen LogP contribution is -2.46. The molecule has 3 rings (SSSR count). The van der Waals surface area contributed by atoms with E-state index in [0.29, 0.717) is 23.8 Å². The summed E-state index contributed by atoms with van der Waals surface area (Å²) < 4.78 is 5.89. The monoisotopic (exact) mass is 513 g/mol. The van der Waals surface area contributed by atoms with Crippen LogP contribution in [0.1, 0.15) is 49.5 Å². The predicted molar refractivity (Wildman–Crippen MR) is 143 cm³/mol. The third-order valence-electron chi connectivity index (χ3n) is 5.27. The number of carbonyl (C=O) groups excluding carboxylic acids is 2. The zero-order chi connectivity index (χ0) is 25.4. The SMILES string of the molecule is CCCOc1ccc2ccccc2c1/C=N\NC(=O)[C@H](CC(C)C)NC(=O)c1ccc(Cl)cc1Cl. The van der Waals surface area contributed by atoms with E-state index in [1.807, 2.05) is 57.2 Å². The Kier molecular flexibility index (Phi) is 9.52. The van der Waals surface area contributed by atoms with E-state index in [1.54, 1.807) is 12.3 Å². The van der Waals surface area contributed by atoms with Gasteiger partial charge in [-0.25, -0.2) is 5.43 Å². The van der Waals surface area contributed by atoms with Gasteiger partial charge in [0.1, 0.15) is 11.8 Å². The normalized spacial score (nSPS) is 12.2. The Bertz CT molecular complexity index is 1230. The molecule has 0 saturated heterocycles. The first-order chi connectivity index (χ1) is 16.8. The Hall–Kier alpha value is -3.09. The van der Waals surface area contributed by atoms with Gasteiger partial charge in [-0.05, 0) is 53.8 Å². The van der Waals surface area contributed by atoms with E-state index < -0.39 is 17.9 Å². The molecule has 1 atom stereocenters. The smallest absolute Gasteiger partial charge is 0.262 e. The highest BCUT2D eigenvalue weighted by Gasteiger charge is 2.23. The van der Waals surface area contributed by atoms with E-state index in [4.69, 9.17) is 27.9 Å². The van der Waals surface area contributed by atoms with Crippen LogP contribution in [0.5, 0.6) is 5.75 Å². The third-order valence-corrected chi connectivity index (χ3v) is 5.81. The van der Waals surface area contributed by atoms with Gasteiger partial charge in [0, 0.05) is 10.6 Å². The van der Waals surface area contributed by atoms with Crippen molar-refractivity contribution in [2.45, 2.75) is 39.7 Å². The first-order valence-electron chi connectivity index (χ1n) is 11.5. The summed E-state index contributed by atoms with van der Waals surface area (Å²) in [6.07, 6.45) is 2.88. The van der Waals surface area contributed by atoms with Crippen LogP contribution in [-0.2, 0) is 4.79 Å². The highest BCUT2D eigenvalue weighted by molar-refractivity contribution is 6.36. The molecule has 6 nitrogen and oxygen atoms in total. The average Bonchev–Trinajstić information content (AvgIpc) is 2.82. The number of ether oxygens (including phenoxy) is 1. The minimum Gasteiger partial charge on any atom is -0.493 e. The lowest BCUT2D eigenvalue weighted by atomic mass is 10.0. The second-order valence-corrected chi connectivity index (χ2v) is 9.40. The van der Waals surface area contributed by atoms with Crippen molar-refractivity contribution in [1.29, 1.82) is 0 Å². The van der Waals surface area contributed by atoms with Crippen molar-refractivity contribution in [2.24, 2.45) is 11.0 Å². The lowest BCUT2D eigenvalue weighted by Gasteiger charge is -2.19. The lowest BCUT2D eigenvalue weighted by molar-refractivity contribution is -0.123. The molecule has 0 heterocycles. The van der Waals surface area contributed by atoms with Crippen molar-refractivity contribution in [2.75, 3.05) is 6.61 Å². The van der Waals surface area contributed by atoms with E-state index in [9.17, 15) is 9.59 Å². The maximum absolute atomic E-state index is 13.0. The summed E-state index contributed by atoms with van der Waals surface area (Å²) in [4.78, 5) is 25.8. The summed E-state index contributed by atoms with van der Waals surface area (Å²) in [6.45, 7) is 6.55. The average molecular weight is 514 g/mol. The van der Waals surface area contributed by atoms with Gasteiger partial charge in [0.2, 0.25) is 0 Å². The Morgan fingerprint density at radius 2 is 1.86 bits per heavy atom. The molecule has 2 amide bonds. The molecule has 0 aliphatic rings. The van der Waals surface area contributed by atoms with Crippen molar-refractivity contribution in [3.8, 4) is 5.75 Å². The van der Waals surface area contributed by atoms with Gasteiger partial charge in [0.15, 0.2) is 0 Å². The molecule has 8 heteroatoms. The molecule has 0 spiro atoms. The number of fused-ring (bicyclic) bond motifs is 1. The van der Waals surface area contributed by atoms with Gasteiger partial charge in [-0.1, -0.05) is 74.3 Å². The number of benzene rings is 3. The summed E-state index contributed by atoms with van der Waals surface area (Å²) in [5.41, 5.74) is 3.59. The molecule has 0 fully saturated rings. The fourth-order valence-corrected chi connectivity index (χ4v) is 4.09. The molecule has 0 aliphatic carbocycles. The molecule has 0 radical (unpaired) electrons. The van der Waals surface area contributed by atoms with Crippen molar-refractivity contribution >= 4 is 52.0 Å². The molecule has 35 heavy (non-hydrogen) atoms.